The van der Waals surface area contributed by atoms with Gasteiger partial charge in [0.2, 0.25) is 0 Å². The van der Waals surface area contributed by atoms with Crippen molar-refractivity contribution in [3.63, 3.8) is 0 Å². The highest BCUT2D eigenvalue weighted by atomic mass is 16.3. The Bertz CT molecular complexity index is 743. The number of nitrogens with one attached hydrogen (secondary N) is 1. The summed E-state index contributed by atoms with van der Waals surface area (Å²) < 4.78 is 0. The number of urea groups is 1. The van der Waals surface area contributed by atoms with E-state index in [4.69, 9.17) is 0 Å². The third-order valence-corrected chi connectivity index (χ3v) is 5.51. The number of hydrogen-bond acceptors (Lipinski definition) is 4. The Balaban J connectivity index is 1.67. The van der Waals surface area contributed by atoms with Gasteiger partial charge < -0.3 is 20.2 Å². The number of carbonyl (C=O) groups is 1. The molecule has 1 fully saturated rings. The van der Waals surface area contributed by atoms with Crippen molar-refractivity contribution in [3.8, 4) is 5.75 Å². The van der Waals surface area contributed by atoms with Crippen LogP contribution in [-0.2, 0) is 13.1 Å². The molecule has 0 aliphatic carbocycles. The highest BCUT2D eigenvalue weighted by Crippen LogP contribution is 2.20. The second-order valence-electron chi connectivity index (χ2n) is 7.76. The minimum absolute atomic E-state index is 0.0663. The summed E-state index contributed by atoms with van der Waals surface area (Å²) in [4.78, 5) is 21.4. The van der Waals surface area contributed by atoms with E-state index in [0.29, 0.717) is 19.0 Å². The van der Waals surface area contributed by atoms with Crippen LogP contribution in [0.25, 0.3) is 0 Å². The third kappa shape index (κ3) is 5.70. The molecule has 0 saturated carbocycles. The number of amides is 2. The average molecular weight is 383 g/mol. The standard InChI is InChI=1S/C22H30N4O2/c1-17(20-9-12-25(2)13-10-20)24-22(28)26(16-19-4-3-11-23-14-19)15-18-5-7-21(27)8-6-18/h3-8,11,14,17,20,27H,9-10,12-13,15-16H2,1-2H3,(H,24,28)/t17-/m1/s1. The minimum atomic E-state index is -0.0663. The molecule has 6 nitrogen and oxygen atoms in total. The van der Waals surface area contributed by atoms with Gasteiger partial charge in [-0.05, 0) is 75.1 Å². The first kappa shape index (κ1) is 20.1. The fourth-order valence-electron chi connectivity index (χ4n) is 3.67. The lowest BCUT2D eigenvalue weighted by Crippen LogP contribution is -2.47. The van der Waals surface area contributed by atoms with Gasteiger partial charge in [0.15, 0.2) is 0 Å². The van der Waals surface area contributed by atoms with Gasteiger partial charge in [0.1, 0.15) is 5.75 Å². The molecule has 0 radical (unpaired) electrons. The van der Waals surface area contributed by atoms with E-state index in [9.17, 15) is 9.90 Å². The largest absolute Gasteiger partial charge is 0.508 e. The predicted octanol–water partition coefficient (Wildman–Crippen LogP) is 3.23. The van der Waals surface area contributed by atoms with Gasteiger partial charge in [0.25, 0.3) is 0 Å². The molecule has 1 atom stereocenters. The van der Waals surface area contributed by atoms with Gasteiger partial charge in [-0.3, -0.25) is 4.98 Å². The van der Waals surface area contributed by atoms with Crippen molar-refractivity contribution >= 4 is 6.03 Å². The number of carbonyl (C=O) groups excluding carboxylic acids is 1. The van der Waals surface area contributed by atoms with Crippen LogP contribution in [0.1, 0.15) is 30.9 Å². The lowest BCUT2D eigenvalue weighted by molar-refractivity contribution is 0.166. The van der Waals surface area contributed by atoms with Gasteiger partial charge in [-0.2, -0.15) is 0 Å². The topological polar surface area (TPSA) is 68.7 Å². The van der Waals surface area contributed by atoms with Crippen LogP contribution >= 0.6 is 0 Å². The molecule has 2 aromatic rings. The van der Waals surface area contributed by atoms with E-state index in [1.54, 1.807) is 29.4 Å². The number of nitrogens with zero attached hydrogens (tertiary/aromatic N) is 3. The maximum Gasteiger partial charge on any atom is 0.318 e. The molecule has 28 heavy (non-hydrogen) atoms. The van der Waals surface area contributed by atoms with Crippen LogP contribution in [0.4, 0.5) is 4.79 Å². The molecule has 0 bridgehead atoms. The van der Waals surface area contributed by atoms with Gasteiger partial charge in [0.05, 0.1) is 0 Å². The monoisotopic (exact) mass is 382 g/mol. The zero-order valence-electron chi connectivity index (χ0n) is 16.7. The molecule has 1 aromatic carbocycles. The van der Waals surface area contributed by atoms with Crippen LogP contribution < -0.4 is 5.32 Å². The zero-order chi connectivity index (χ0) is 19.9. The number of hydrogen-bond donors (Lipinski definition) is 2. The maximum absolute atomic E-state index is 13.1. The van der Waals surface area contributed by atoms with Crippen LogP contribution in [0.2, 0.25) is 0 Å². The SMILES string of the molecule is C[C@@H](NC(=O)N(Cc1ccc(O)cc1)Cc1cccnc1)C1CCN(C)CC1. The van der Waals surface area contributed by atoms with Crippen molar-refractivity contribution in [2.75, 3.05) is 20.1 Å². The molecule has 2 amide bonds. The van der Waals surface area contributed by atoms with Gasteiger partial charge in [0, 0.05) is 31.5 Å². The molecule has 0 unspecified atom stereocenters. The molecule has 2 heterocycles. The van der Waals surface area contributed by atoms with Crippen LogP contribution in [0, 0.1) is 5.92 Å². The average Bonchev–Trinajstić information content (AvgIpc) is 2.70. The number of likely N-dealkylation sites (tertiary alicyclic amines) is 1. The van der Waals surface area contributed by atoms with Crippen molar-refractivity contribution in [2.24, 2.45) is 5.92 Å². The maximum atomic E-state index is 13.1. The first-order valence-electron chi connectivity index (χ1n) is 9.92. The summed E-state index contributed by atoms with van der Waals surface area (Å²) in [7, 11) is 2.15. The smallest absolute Gasteiger partial charge is 0.318 e. The van der Waals surface area contributed by atoms with Crippen molar-refractivity contribution in [1.29, 1.82) is 0 Å². The molecule has 2 N–H and O–H groups in total. The summed E-state index contributed by atoms with van der Waals surface area (Å²) in [6, 6.07) is 10.9. The van der Waals surface area contributed by atoms with Crippen LogP contribution in [0.15, 0.2) is 48.8 Å². The molecule has 1 saturated heterocycles. The van der Waals surface area contributed by atoms with E-state index < -0.39 is 0 Å². The summed E-state index contributed by atoms with van der Waals surface area (Å²) in [5.41, 5.74) is 1.96. The highest BCUT2D eigenvalue weighted by Gasteiger charge is 2.25. The van der Waals surface area contributed by atoms with E-state index in [-0.39, 0.29) is 17.8 Å². The van der Waals surface area contributed by atoms with E-state index in [0.717, 1.165) is 37.1 Å². The molecule has 1 aliphatic heterocycles. The fourth-order valence-corrected chi connectivity index (χ4v) is 3.67. The molecule has 1 aromatic heterocycles. The van der Waals surface area contributed by atoms with Gasteiger partial charge in [-0.1, -0.05) is 18.2 Å². The number of aromatic hydroxyl groups is 1. The van der Waals surface area contributed by atoms with Crippen molar-refractivity contribution in [1.82, 2.24) is 20.1 Å². The summed E-state index contributed by atoms with van der Waals surface area (Å²) in [6.45, 7) is 5.23. The molecule has 3 rings (SSSR count). The Labute approximate surface area is 167 Å². The Kier molecular flexibility index (Phi) is 6.87. The lowest BCUT2D eigenvalue weighted by Gasteiger charge is -2.34. The van der Waals surface area contributed by atoms with Crippen molar-refractivity contribution in [2.45, 2.75) is 38.9 Å². The second-order valence-corrected chi connectivity index (χ2v) is 7.76. The third-order valence-electron chi connectivity index (χ3n) is 5.51. The normalized spacial score (nSPS) is 16.5. The Hall–Kier alpha value is -2.60. The first-order chi connectivity index (χ1) is 13.5. The van der Waals surface area contributed by atoms with Gasteiger partial charge in [-0.15, -0.1) is 0 Å². The number of piperidine rings is 1. The molecule has 1 aliphatic rings. The number of rotatable bonds is 6. The van der Waals surface area contributed by atoms with E-state index >= 15 is 0 Å². The number of aromatic nitrogens is 1. The molecule has 6 heteroatoms. The Morgan fingerprint density at radius 3 is 2.54 bits per heavy atom. The minimum Gasteiger partial charge on any atom is -0.508 e. The van der Waals surface area contributed by atoms with Crippen LogP contribution in [0.3, 0.4) is 0 Å². The second kappa shape index (κ2) is 9.55. The van der Waals surface area contributed by atoms with E-state index in [1.807, 2.05) is 24.3 Å². The fraction of sp³-hybridized carbons (Fsp3) is 0.455. The Morgan fingerprint density at radius 2 is 1.89 bits per heavy atom. The lowest BCUT2D eigenvalue weighted by atomic mass is 9.90. The molecule has 150 valence electrons. The van der Waals surface area contributed by atoms with Crippen LogP contribution in [-0.4, -0.2) is 52.1 Å². The van der Waals surface area contributed by atoms with Gasteiger partial charge in [-0.25, -0.2) is 4.79 Å². The Morgan fingerprint density at radius 1 is 1.21 bits per heavy atom. The van der Waals surface area contributed by atoms with Crippen molar-refractivity contribution in [3.05, 3.63) is 59.9 Å². The number of pyridine rings is 1. The summed E-state index contributed by atoms with van der Waals surface area (Å²) >= 11 is 0. The zero-order valence-corrected chi connectivity index (χ0v) is 16.7. The predicted molar refractivity (Wildman–Crippen MR) is 110 cm³/mol. The van der Waals surface area contributed by atoms with Crippen molar-refractivity contribution < 1.29 is 9.90 Å². The van der Waals surface area contributed by atoms with E-state index in [1.165, 1.54) is 0 Å². The first-order valence-corrected chi connectivity index (χ1v) is 9.92. The molecular weight excluding hydrogens is 352 g/mol. The number of phenolic OH excluding ortho intramolecular Hbond substituents is 1. The molecular formula is C22H30N4O2. The summed E-state index contributed by atoms with van der Waals surface area (Å²) in [6.07, 6.45) is 5.74. The summed E-state index contributed by atoms with van der Waals surface area (Å²) in [5.74, 6) is 0.733. The number of phenols is 1. The van der Waals surface area contributed by atoms with Crippen LogP contribution in [0.5, 0.6) is 5.75 Å². The highest BCUT2D eigenvalue weighted by molar-refractivity contribution is 5.74. The van der Waals surface area contributed by atoms with E-state index in [2.05, 4.69) is 29.2 Å². The molecule has 0 spiro atoms. The quantitative estimate of drug-likeness (QED) is 0.805. The number of benzene rings is 1. The summed E-state index contributed by atoms with van der Waals surface area (Å²) in [5, 5.41) is 12.7. The van der Waals surface area contributed by atoms with Gasteiger partial charge >= 0.3 is 6.03 Å².